The van der Waals surface area contributed by atoms with Crippen LogP contribution >= 0.6 is 0 Å². The summed E-state index contributed by atoms with van der Waals surface area (Å²) in [6, 6.07) is 5.14. The van der Waals surface area contributed by atoms with Crippen molar-refractivity contribution >= 4 is 11.7 Å². The van der Waals surface area contributed by atoms with Gasteiger partial charge < -0.3 is 24.0 Å². The highest BCUT2D eigenvalue weighted by molar-refractivity contribution is 6.11. The Morgan fingerprint density at radius 2 is 1.88 bits per heavy atom. The van der Waals surface area contributed by atoms with Gasteiger partial charge in [0.1, 0.15) is 6.10 Å². The second kappa shape index (κ2) is 9.14. The minimum Gasteiger partial charge on any atom is -0.493 e. The van der Waals surface area contributed by atoms with E-state index in [1.807, 2.05) is 32.3 Å². The van der Waals surface area contributed by atoms with E-state index in [-0.39, 0.29) is 29.5 Å². The van der Waals surface area contributed by atoms with Crippen molar-refractivity contribution in [3.05, 3.63) is 35.1 Å². The third kappa shape index (κ3) is 3.98. The van der Waals surface area contributed by atoms with Gasteiger partial charge >= 0.3 is 0 Å². The normalized spacial score (nSPS) is 27.4. The van der Waals surface area contributed by atoms with Crippen LogP contribution in [-0.4, -0.2) is 69.0 Å². The third-order valence-electron chi connectivity index (χ3n) is 6.93. The number of benzene rings is 1. The molecule has 0 spiro atoms. The molecule has 7 heteroatoms. The minimum atomic E-state index is -0.467. The largest absolute Gasteiger partial charge is 0.493 e. The number of hydrogen-bond donors (Lipinski definition) is 0. The van der Waals surface area contributed by atoms with Gasteiger partial charge in [0, 0.05) is 6.54 Å². The maximum atomic E-state index is 13.7. The first-order chi connectivity index (χ1) is 15.3. The summed E-state index contributed by atoms with van der Waals surface area (Å²) in [7, 11) is 7.20. The smallest absolute Gasteiger partial charge is 0.290 e. The topological polar surface area (TPSA) is 68.3 Å². The maximum Gasteiger partial charge on any atom is 0.290 e. The zero-order chi connectivity index (χ0) is 23.0. The highest BCUT2D eigenvalue weighted by Gasteiger charge is 2.52. The fourth-order valence-corrected chi connectivity index (χ4v) is 5.28. The number of nitrogens with zero attached hydrogens (tertiary/aromatic N) is 2. The standard InChI is InChI=1S/C25H34N2O5/c1-15-7-9-18-17(13-15)23(28)21-22(16-8-10-19(30-4)20(14-16)31-5)27(12-6-11-26(2)3)25(29)24(21)32-18/h8,10,14-15,17-18,22H,6-7,9,11-13H2,1-5H3. The van der Waals surface area contributed by atoms with Gasteiger partial charge in [0.25, 0.3) is 5.91 Å². The quantitative estimate of drug-likeness (QED) is 0.646. The van der Waals surface area contributed by atoms with Crippen molar-refractivity contribution in [1.29, 1.82) is 0 Å². The van der Waals surface area contributed by atoms with Crippen LogP contribution in [0.15, 0.2) is 29.5 Å². The van der Waals surface area contributed by atoms with Crippen LogP contribution in [-0.2, 0) is 14.3 Å². The second-order valence-electron chi connectivity index (χ2n) is 9.46. The van der Waals surface area contributed by atoms with Crippen molar-refractivity contribution in [2.45, 2.75) is 44.8 Å². The van der Waals surface area contributed by atoms with Gasteiger partial charge in [-0.2, -0.15) is 0 Å². The molecule has 0 saturated heterocycles. The number of hydrogen-bond acceptors (Lipinski definition) is 6. The molecule has 1 aromatic rings. The number of carbonyl (C=O) groups excluding carboxylic acids is 2. The lowest BCUT2D eigenvalue weighted by molar-refractivity contribution is -0.136. The molecule has 0 bridgehead atoms. The molecule has 0 N–H and O–H groups in total. The Morgan fingerprint density at radius 3 is 2.56 bits per heavy atom. The molecule has 0 aromatic heterocycles. The number of amides is 1. The average Bonchev–Trinajstić information content (AvgIpc) is 3.05. The Kier molecular flexibility index (Phi) is 6.47. The third-order valence-corrected chi connectivity index (χ3v) is 6.93. The molecule has 4 atom stereocenters. The Balaban J connectivity index is 1.74. The molecule has 32 heavy (non-hydrogen) atoms. The predicted octanol–water partition coefficient (Wildman–Crippen LogP) is 3.20. The SMILES string of the molecule is COc1ccc(C2C3=C(OC4CCC(C)CC4C3=O)C(=O)N2CCCN(C)C)cc1OC. The fourth-order valence-electron chi connectivity index (χ4n) is 5.28. The van der Waals surface area contributed by atoms with Crippen LogP contribution in [0.4, 0.5) is 0 Å². The van der Waals surface area contributed by atoms with E-state index in [2.05, 4.69) is 11.8 Å². The number of ether oxygens (including phenoxy) is 3. The van der Waals surface area contributed by atoms with Crippen LogP contribution in [0.25, 0.3) is 0 Å². The van der Waals surface area contributed by atoms with E-state index >= 15 is 0 Å². The van der Waals surface area contributed by atoms with Gasteiger partial charge in [-0.25, -0.2) is 0 Å². The number of rotatable bonds is 7. The fraction of sp³-hybridized carbons (Fsp3) is 0.600. The molecule has 1 amide bonds. The van der Waals surface area contributed by atoms with E-state index in [0.717, 1.165) is 37.8 Å². The first-order valence-corrected chi connectivity index (χ1v) is 11.5. The lowest BCUT2D eigenvalue weighted by atomic mass is 9.74. The lowest BCUT2D eigenvalue weighted by Gasteiger charge is -2.37. The molecule has 1 fully saturated rings. The first-order valence-electron chi connectivity index (χ1n) is 11.5. The van der Waals surface area contributed by atoms with E-state index in [1.165, 1.54) is 0 Å². The summed E-state index contributed by atoms with van der Waals surface area (Å²) >= 11 is 0. The van der Waals surface area contributed by atoms with Gasteiger partial charge in [0.2, 0.25) is 0 Å². The molecule has 174 valence electrons. The molecule has 3 aliphatic rings. The van der Waals surface area contributed by atoms with E-state index in [0.29, 0.717) is 29.5 Å². The zero-order valence-electron chi connectivity index (χ0n) is 19.7. The molecule has 2 aliphatic heterocycles. The van der Waals surface area contributed by atoms with Gasteiger partial charge in [-0.3, -0.25) is 9.59 Å². The van der Waals surface area contributed by atoms with Crippen molar-refractivity contribution in [2.24, 2.45) is 11.8 Å². The van der Waals surface area contributed by atoms with Crippen LogP contribution in [0.5, 0.6) is 11.5 Å². The van der Waals surface area contributed by atoms with Crippen LogP contribution in [0.1, 0.15) is 44.2 Å². The number of fused-ring (bicyclic) bond motifs is 1. The molecule has 1 saturated carbocycles. The number of carbonyl (C=O) groups is 2. The maximum absolute atomic E-state index is 13.7. The van der Waals surface area contributed by atoms with Crippen molar-refractivity contribution in [3.63, 3.8) is 0 Å². The van der Waals surface area contributed by atoms with Gasteiger partial charge in [-0.15, -0.1) is 0 Å². The van der Waals surface area contributed by atoms with Crippen molar-refractivity contribution < 1.29 is 23.8 Å². The van der Waals surface area contributed by atoms with E-state index in [1.54, 1.807) is 19.1 Å². The molecular formula is C25H34N2O5. The summed E-state index contributed by atoms with van der Waals surface area (Å²) in [4.78, 5) is 31.1. The van der Waals surface area contributed by atoms with Crippen LogP contribution in [0.3, 0.4) is 0 Å². The van der Waals surface area contributed by atoms with Crippen molar-refractivity contribution in [2.75, 3.05) is 41.4 Å². The Labute approximate surface area is 190 Å². The highest BCUT2D eigenvalue weighted by Crippen LogP contribution is 2.48. The highest BCUT2D eigenvalue weighted by atomic mass is 16.5. The summed E-state index contributed by atoms with van der Waals surface area (Å²) in [5.41, 5.74) is 1.35. The van der Waals surface area contributed by atoms with Crippen LogP contribution in [0.2, 0.25) is 0 Å². The first kappa shape index (κ1) is 22.6. The van der Waals surface area contributed by atoms with Crippen LogP contribution < -0.4 is 9.47 Å². The summed E-state index contributed by atoms with van der Waals surface area (Å²) < 4.78 is 17.2. The molecule has 7 nitrogen and oxygen atoms in total. The van der Waals surface area contributed by atoms with Crippen LogP contribution in [0, 0.1) is 11.8 Å². The summed E-state index contributed by atoms with van der Waals surface area (Å²) in [5.74, 6) is 1.66. The summed E-state index contributed by atoms with van der Waals surface area (Å²) in [6.07, 6.45) is 3.28. The average molecular weight is 443 g/mol. The zero-order valence-corrected chi connectivity index (χ0v) is 19.7. The van der Waals surface area contributed by atoms with Gasteiger partial charge in [0.15, 0.2) is 23.0 Å². The van der Waals surface area contributed by atoms with Crippen molar-refractivity contribution in [1.82, 2.24) is 9.80 Å². The van der Waals surface area contributed by atoms with E-state index in [9.17, 15) is 9.59 Å². The number of Topliss-reactive ketones (excluding diaryl/α,β-unsaturated/α-hetero) is 1. The minimum absolute atomic E-state index is 0.0750. The Morgan fingerprint density at radius 1 is 1.12 bits per heavy atom. The predicted molar refractivity (Wildman–Crippen MR) is 121 cm³/mol. The number of methoxy groups -OCH3 is 2. The molecular weight excluding hydrogens is 408 g/mol. The van der Waals surface area contributed by atoms with Crippen molar-refractivity contribution in [3.8, 4) is 11.5 Å². The molecule has 2 heterocycles. The van der Waals surface area contributed by atoms with Gasteiger partial charge in [0.05, 0.1) is 31.8 Å². The summed E-state index contributed by atoms with van der Waals surface area (Å²) in [6.45, 7) is 3.59. The number of ketones is 1. The molecule has 0 radical (unpaired) electrons. The molecule has 1 aromatic carbocycles. The van der Waals surface area contributed by atoms with E-state index < -0.39 is 6.04 Å². The second-order valence-corrected chi connectivity index (χ2v) is 9.46. The monoisotopic (exact) mass is 442 g/mol. The molecule has 4 rings (SSSR count). The van der Waals surface area contributed by atoms with Gasteiger partial charge in [-0.05, 0) is 69.9 Å². The summed E-state index contributed by atoms with van der Waals surface area (Å²) in [5, 5.41) is 0. The molecule has 4 unspecified atom stereocenters. The van der Waals surface area contributed by atoms with Gasteiger partial charge in [-0.1, -0.05) is 13.0 Å². The Bertz CT molecular complexity index is 925. The Hall–Kier alpha value is -2.54. The lowest BCUT2D eigenvalue weighted by Crippen LogP contribution is -2.41. The molecule has 1 aliphatic carbocycles. The van der Waals surface area contributed by atoms with E-state index in [4.69, 9.17) is 14.2 Å².